The van der Waals surface area contributed by atoms with Gasteiger partial charge < -0.3 is 14.6 Å². The maximum absolute atomic E-state index is 12.3. The molecule has 0 aromatic heterocycles. The molecule has 0 spiro atoms. The molecule has 0 aromatic carbocycles. The highest BCUT2D eigenvalue weighted by Gasteiger charge is 2.48. The molecule has 0 radical (unpaired) electrons. The lowest BCUT2D eigenvalue weighted by molar-refractivity contribution is -0.142. The molecule has 0 bridgehead atoms. The number of amides is 1. The van der Waals surface area contributed by atoms with Gasteiger partial charge in [-0.2, -0.15) is 0 Å². The van der Waals surface area contributed by atoms with Gasteiger partial charge in [0, 0.05) is 5.41 Å². The Hall–Kier alpha value is -1.30. The van der Waals surface area contributed by atoms with Gasteiger partial charge in [-0.3, -0.25) is 4.90 Å². The second-order valence-electron chi connectivity index (χ2n) is 6.63. The summed E-state index contributed by atoms with van der Waals surface area (Å²) in [6.07, 6.45) is -1.68. The van der Waals surface area contributed by atoms with Gasteiger partial charge in [0.1, 0.15) is 11.8 Å². The second-order valence-corrected chi connectivity index (χ2v) is 6.63. The number of carboxylic acid groups (broad SMARTS) is 1. The van der Waals surface area contributed by atoms with Crippen molar-refractivity contribution in [2.75, 3.05) is 6.61 Å². The molecule has 1 rings (SSSR count). The Balaban J connectivity index is 3.16. The lowest BCUT2D eigenvalue weighted by Crippen LogP contribution is -2.51. The van der Waals surface area contributed by atoms with Crippen molar-refractivity contribution in [3.8, 4) is 0 Å². The van der Waals surface area contributed by atoms with E-state index in [1.807, 2.05) is 20.8 Å². The third-order valence-electron chi connectivity index (χ3n) is 2.48. The average Bonchev–Trinajstić information content (AvgIpc) is 2.54. The van der Waals surface area contributed by atoms with E-state index in [0.717, 1.165) is 4.90 Å². The van der Waals surface area contributed by atoms with E-state index in [0.29, 0.717) is 0 Å². The highest BCUT2D eigenvalue weighted by molar-refractivity contribution is 5.81. The molecule has 1 saturated heterocycles. The molecular formula is C13H23NO5. The SMILES string of the molecule is [2H][C@]1(C(=O)O)CO[C@@H](C(C)(C)C)N1C(=O)OC(C)(C)C. The number of hydrogen-bond acceptors (Lipinski definition) is 4. The van der Waals surface area contributed by atoms with Gasteiger partial charge in [-0.05, 0) is 20.8 Å². The first-order valence-electron chi connectivity index (χ1n) is 6.66. The molecule has 6 heteroatoms. The number of rotatable bonds is 1. The van der Waals surface area contributed by atoms with Crippen LogP contribution in [0.25, 0.3) is 0 Å². The fourth-order valence-corrected chi connectivity index (χ4v) is 1.76. The zero-order chi connectivity index (χ0) is 15.9. The predicted molar refractivity (Wildman–Crippen MR) is 68.7 cm³/mol. The molecule has 1 N–H and O–H groups in total. The molecule has 1 amide bonds. The number of ether oxygens (including phenoxy) is 2. The number of nitrogens with zero attached hydrogens (tertiary/aromatic N) is 1. The molecule has 110 valence electrons. The Kier molecular flexibility index (Phi) is 3.71. The Morgan fingerprint density at radius 3 is 2.21 bits per heavy atom. The van der Waals surface area contributed by atoms with Gasteiger partial charge >= 0.3 is 12.1 Å². The summed E-state index contributed by atoms with van der Waals surface area (Å²) in [4.78, 5) is 24.5. The van der Waals surface area contributed by atoms with Crippen LogP contribution in [-0.4, -0.2) is 46.5 Å². The van der Waals surface area contributed by atoms with Gasteiger partial charge in [0.05, 0.1) is 7.98 Å². The quantitative estimate of drug-likeness (QED) is 0.792. The normalized spacial score (nSPS) is 29.1. The summed E-state index contributed by atoms with van der Waals surface area (Å²) in [5.41, 5.74) is -1.31. The van der Waals surface area contributed by atoms with Crippen molar-refractivity contribution in [1.29, 1.82) is 0 Å². The van der Waals surface area contributed by atoms with Crippen LogP contribution in [0, 0.1) is 5.41 Å². The van der Waals surface area contributed by atoms with Gasteiger partial charge in [-0.1, -0.05) is 20.8 Å². The van der Waals surface area contributed by atoms with Crippen molar-refractivity contribution in [3.05, 3.63) is 0 Å². The first kappa shape index (κ1) is 14.1. The van der Waals surface area contributed by atoms with Gasteiger partial charge in [0.2, 0.25) is 0 Å². The summed E-state index contributed by atoms with van der Waals surface area (Å²) in [5, 5.41) is 9.26. The van der Waals surface area contributed by atoms with E-state index >= 15 is 0 Å². The first-order valence-corrected chi connectivity index (χ1v) is 6.16. The van der Waals surface area contributed by atoms with Crippen molar-refractivity contribution < 1.29 is 25.5 Å². The van der Waals surface area contributed by atoms with Crippen LogP contribution < -0.4 is 0 Å². The van der Waals surface area contributed by atoms with Crippen LogP contribution >= 0.6 is 0 Å². The molecule has 0 aliphatic carbocycles. The van der Waals surface area contributed by atoms with E-state index in [4.69, 9.17) is 10.8 Å². The molecule has 2 atom stereocenters. The van der Waals surface area contributed by atoms with E-state index in [9.17, 15) is 14.7 Å². The second kappa shape index (κ2) is 5.00. The largest absolute Gasteiger partial charge is 0.480 e. The van der Waals surface area contributed by atoms with Gasteiger partial charge in [0.15, 0.2) is 6.02 Å². The number of carbonyl (C=O) groups excluding carboxylic acids is 1. The van der Waals surface area contributed by atoms with Crippen LogP contribution in [-0.2, 0) is 14.3 Å². The third-order valence-corrected chi connectivity index (χ3v) is 2.48. The topological polar surface area (TPSA) is 76.1 Å². The fourth-order valence-electron chi connectivity index (χ4n) is 1.76. The third kappa shape index (κ3) is 3.83. The molecule has 1 aliphatic rings. The highest BCUT2D eigenvalue weighted by Crippen LogP contribution is 2.33. The summed E-state index contributed by atoms with van der Waals surface area (Å²) in [6.45, 7) is 10.1. The Morgan fingerprint density at radius 1 is 1.32 bits per heavy atom. The van der Waals surface area contributed by atoms with Crippen LogP contribution in [0.3, 0.4) is 0 Å². The maximum atomic E-state index is 12.3. The molecule has 0 aromatic rings. The minimum atomic E-state index is -2.17. The molecule has 19 heavy (non-hydrogen) atoms. The van der Waals surface area contributed by atoms with E-state index in [1.165, 1.54) is 0 Å². The minimum Gasteiger partial charge on any atom is -0.480 e. The van der Waals surface area contributed by atoms with Gasteiger partial charge in [-0.15, -0.1) is 0 Å². The van der Waals surface area contributed by atoms with E-state index < -0.39 is 35.3 Å². The van der Waals surface area contributed by atoms with Gasteiger partial charge in [0.25, 0.3) is 0 Å². The maximum Gasteiger partial charge on any atom is 0.413 e. The first-order chi connectivity index (χ1) is 8.79. The Morgan fingerprint density at radius 2 is 1.84 bits per heavy atom. The number of carboxylic acids is 1. The molecule has 1 heterocycles. The summed E-state index contributed by atoms with van der Waals surface area (Å²) >= 11 is 0. The average molecular weight is 274 g/mol. The van der Waals surface area contributed by atoms with Crippen molar-refractivity contribution in [2.24, 2.45) is 5.41 Å². The van der Waals surface area contributed by atoms with Crippen LogP contribution in [0.4, 0.5) is 4.79 Å². The molecule has 0 saturated carbocycles. The van der Waals surface area contributed by atoms with E-state index in [1.54, 1.807) is 20.8 Å². The molecule has 1 fully saturated rings. The molecule has 0 unspecified atom stereocenters. The van der Waals surface area contributed by atoms with E-state index in [2.05, 4.69) is 0 Å². The van der Waals surface area contributed by atoms with Crippen molar-refractivity contribution in [2.45, 2.75) is 59.4 Å². The molecule has 6 nitrogen and oxygen atoms in total. The smallest absolute Gasteiger partial charge is 0.413 e. The molecular weight excluding hydrogens is 250 g/mol. The zero-order valence-electron chi connectivity index (χ0n) is 13.3. The number of carbonyl (C=O) groups is 2. The monoisotopic (exact) mass is 274 g/mol. The summed E-state index contributed by atoms with van der Waals surface area (Å²) < 4.78 is 18.7. The zero-order valence-corrected chi connectivity index (χ0v) is 12.3. The summed E-state index contributed by atoms with van der Waals surface area (Å²) in [6, 6.07) is -2.17. The van der Waals surface area contributed by atoms with Gasteiger partial charge in [-0.25, -0.2) is 9.59 Å². The lowest BCUT2D eigenvalue weighted by atomic mass is 9.93. The Labute approximate surface area is 115 Å². The van der Waals surface area contributed by atoms with Crippen LogP contribution in [0.15, 0.2) is 0 Å². The highest BCUT2D eigenvalue weighted by atomic mass is 16.6. The fraction of sp³-hybridized carbons (Fsp3) is 0.846. The summed E-state index contributed by atoms with van der Waals surface area (Å²) in [5.74, 6) is -1.44. The lowest BCUT2D eigenvalue weighted by Gasteiger charge is -2.35. The van der Waals surface area contributed by atoms with E-state index in [-0.39, 0.29) is 6.61 Å². The minimum absolute atomic E-state index is 0.385. The Bertz CT molecular complexity index is 412. The van der Waals surface area contributed by atoms with Crippen LogP contribution in [0.1, 0.15) is 42.9 Å². The van der Waals surface area contributed by atoms with Crippen LogP contribution in [0.5, 0.6) is 0 Å². The number of hydrogen-bond donors (Lipinski definition) is 1. The number of aliphatic carboxylic acids is 1. The van der Waals surface area contributed by atoms with Crippen molar-refractivity contribution in [3.63, 3.8) is 0 Å². The predicted octanol–water partition coefficient (Wildman–Crippen LogP) is 2.08. The van der Waals surface area contributed by atoms with Crippen LogP contribution in [0.2, 0.25) is 0 Å². The standard InChI is InChI=1S/C13H23NO5/c1-12(2,3)10-14(8(7-18-10)9(15)16)11(17)19-13(4,5)6/h8,10H,7H2,1-6H3,(H,15,16)/t8-,10+/m1/s1/i8D. The molecule has 1 aliphatic heterocycles. The summed E-state index contributed by atoms with van der Waals surface area (Å²) in [7, 11) is 0. The van der Waals surface area contributed by atoms with Crippen molar-refractivity contribution >= 4 is 12.1 Å². The van der Waals surface area contributed by atoms with Crippen molar-refractivity contribution in [1.82, 2.24) is 4.90 Å².